The molecular weight excluding hydrogens is 180 g/mol. The van der Waals surface area contributed by atoms with Gasteiger partial charge in [0.2, 0.25) is 0 Å². The molecule has 6 nitrogen and oxygen atoms in total. The van der Waals surface area contributed by atoms with Gasteiger partial charge >= 0.3 is 0 Å². The van der Waals surface area contributed by atoms with Crippen molar-refractivity contribution in [2.45, 2.75) is 37.4 Å². The van der Waals surface area contributed by atoms with Crippen LogP contribution in [0, 0.1) is 0 Å². The van der Waals surface area contributed by atoms with Gasteiger partial charge in [-0.05, 0) is 6.92 Å². The van der Waals surface area contributed by atoms with E-state index in [9.17, 15) is 0 Å². The molecule has 6 heteroatoms. The summed E-state index contributed by atoms with van der Waals surface area (Å²) in [5.74, 6) is 0. The van der Waals surface area contributed by atoms with Crippen LogP contribution in [0.1, 0.15) is 6.92 Å². The summed E-state index contributed by atoms with van der Waals surface area (Å²) in [4.78, 5) is 0. The average Bonchev–Trinajstić information content (AvgIpc) is 2.12. The number of hydrogen-bond donors (Lipinski definition) is 6. The molecule has 0 saturated heterocycles. The van der Waals surface area contributed by atoms with Crippen LogP contribution in [-0.2, 0) is 0 Å². The summed E-state index contributed by atoms with van der Waals surface area (Å²) in [7, 11) is 0. The van der Waals surface area contributed by atoms with Gasteiger partial charge in [-0.3, -0.25) is 0 Å². The first-order valence-electron chi connectivity index (χ1n) is 3.93. The van der Waals surface area contributed by atoms with Crippen molar-refractivity contribution in [2.24, 2.45) is 0 Å². The lowest BCUT2D eigenvalue weighted by molar-refractivity contribution is -0.137. The van der Waals surface area contributed by atoms with Gasteiger partial charge in [-0.2, -0.15) is 0 Å². The van der Waals surface area contributed by atoms with Crippen LogP contribution in [0.15, 0.2) is 0 Å². The number of aliphatic hydroxyl groups is 6. The highest BCUT2D eigenvalue weighted by Crippen LogP contribution is 2.07. The monoisotopic (exact) mass is 196 g/mol. The van der Waals surface area contributed by atoms with Crippen LogP contribution < -0.4 is 0 Å². The molecule has 0 aromatic rings. The SMILES string of the molecule is CC(O)[C@@H](O)[C@@H](O)C(O)C(O)CO. The van der Waals surface area contributed by atoms with Gasteiger partial charge < -0.3 is 30.6 Å². The van der Waals surface area contributed by atoms with Crippen molar-refractivity contribution in [2.75, 3.05) is 6.61 Å². The fourth-order valence-corrected chi connectivity index (χ4v) is 0.823. The van der Waals surface area contributed by atoms with Gasteiger partial charge in [-0.15, -0.1) is 0 Å². The molecule has 0 fully saturated rings. The molecule has 0 aromatic carbocycles. The van der Waals surface area contributed by atoms with Crippen molar-refractivity contribution in [1.29, 1.82) is 0 Å². The van der Waals surface area contributed by atoms with Gasteiger partial charge in [0.15, 0.2) is 0 Å². The predicted octanol–water partition coefficient (Wildman–Crippen LogP) is -3.20. The predicted molar refractivity (Wildman–Crippen MR) is 42.8 cm³/mol. The molecule has 0 amide bonds. The van der Waals surface area contributed by atoms with Crippen molar-refractivity contribution in [3.8, 4) is 0 Å². The summed E-state index contributed by atoms with van der Waals surface area (Å²) >= 11 is 0. The molecule has 0 bridgehead atoms. The third-order valence-electron chi connectivity index (χ3n) is 1.78. The van der Waals surface area contributed by atoms with E-state index in [0.717, 1.165) is 0 Å². The Labute approximate surface area is 75.7 Å². The van der Waals surface area contributed by atoms with Gasteiger partial charge in [-0.25, -0.2) is 0 Å². The zero-order chi connectivity index (χ0) is 10.6. The summed E-state index contributed by atoms with van der Waals surface area (Å²) in [6.07, 6.45) is -7.70. The molecule has 6 N–H and O–H groups in total. The maximum Gasteiger partial charge on any atom is 0.111 e. The Balaban J connectivity index is 4.15. The summed E-state index contributed by atoms with van der Waals surface area (Å²) in [5, 5.41) is 53.4. The van der Waals surface area contributed by atoms with E-state index in [0.29, 0.717) is 0 Å². The minimum atomic E-state index is -1.69. The molecule has 0 saturated carbocycles. The molecule has 3 unspecified atom stereocenters. The minimum absolute atomic E-state index is 0.731. The average molecular weight is 196 g/mol. The quantitative estimate of drug-likeness (QED) is 0.275. The van der Waals surface area contributed by atoms with Crippen LogP contribution >= 0.6 is 0 Å². The molecule has 13 heavy (non-hydrogen) atoms. The summed E-state index contributed by atoms with van der Waals surface area (Å²) in [6, 6.07) is 0. The van der Waals surface area contributed by atoms with E-state index in [-0.39, 0.29) is 0 Å². The van der Waals surface area contributed by atoms with E-state index in [2.05, 4.69) is 0 Å². The Bertz CT molecular complexity index is 139. The molecular formula is C7H16O6. The topological polar surface area (TPSA) is 121 Å². The third-order valence-corrected chi connectivity index (χ3v) is 1.78. The van der Waals surface area contributed by atoms with Gasteiger partial charge in [0.25, 0.3) is 0 Å². The molecule has 0 radical (unpaired) electrons. The first-order valence-corrected chi connectivity index (χ1v) is 3.93. The lowest BCUT2D eigenvalue weighted by atomic mass is 10.0. The van der Waals surface area contributed by atoms with Crippen molar-refractivity contribution in [3.63, 3.8) is 0 Å². The van der Waals surface area contributed by atoms with Crippen molar-refractivity contribution in [3.05, 3.63) is 0 Å². The Hall–Kier alpha value is -0.240. The summed E-state index contributed by atoms with van der Waals surface area (Å²) in [6.45, 7) is 0.497. The summed E-state index contributed by atoms with van der Waals surface area (Å²) < 4.78 is 0. The Morgan fingerprint density at radius 3 is 1.62 bits per heavy atom. The molecule has 0 aliphatic carbocycles. The first kappa shape index (κ1) is 12.8. The second-order valence-electron chi connectivity index (χ2n) is 2.96. The molecule has 0 rings (SSSR count). The highest BCUT2D eigenvalue weighted by Gasteiger charge is 2.32. The highest BCUT2D eigenvalue weighted by molar-refractivity contribution is 4.82. The lowest BCUT2D eigenvalue weighted by Gasteiger charge is -2.26. The molecule has 0 aliphatic rings. The van der Waals surface area contributed by atoms with E-state index in [4.69, 9.17) is 30.6 Å². The van der Waals surface area contributed by atoms with Crippen LogP contribution in [0.25, 0.3) is 0 Å². The van der Waals surface area contributed by atoms with E-state index in [1.165, 1.54) is 6.92 Å². The van der Waals surface area contributed by atoms with E-state index in [1.54, 1.807) is 0 Å². The number of rotatable bonds is 5. The lowest BCUT2D eigenvalue weighted by Crippen LogP contribution is -2.49. The fourth-order valence-electron chi connectivity index (χ4n) is 0.823. The van der Waals surface area contributed by atoms with Gasteiger partial charge in [-0.1, -0.05) is 0 Å². The standard InChI is InChI=1S/C7H16O6/c1-3(9)5(11)7(13)6(12)4(10)2-8/h3-13H,2H2,1H3/t3?,4?,5-,6?,7-/m1/s1. The number of aliphatic hydroxyl groups excluding tert-OH is 6. The van der Waals surface area contributed by atoms with Crippen molar-refractivity contribution in [1.82, 2.24) is 0 Å². The second kappa shape index (κ2) is 5.48. The highest BCUT2D eigenvalue weighted by atomic mass is 16.4. The third kappa shape index (κ3) is 3.55. The van der Waals surface area contributed by atoms with Crippen molar-refractivity contribution < 1.29 is 30.6 Å². The first-order chi connectivity index (χ1) is 5.91. The minimum Gasteiger partial charge on any atom is -0.394 e. The molecule has 0 aromatic heterocycles. The van der Waals surface area contributed by atoms with E-state index < -0.39 is 37.1 Å². The molecule has 0 heterocycles. The Morgan fingerprint density at radius 1 is 0.846 bits per heavy atom. The van der Waals surface area contributed by atoms with Gasteiger partial charge in [0, 0.05) is 0 Å². The maximum absolute atomic E-state index is 9.13. The van der Waals surface area contributed by atoms with Crippen LogP contribution in [0.3, 0.4) is 0 Å². The molecule has 80 valence electrons. The van der Waals surface area contributed by atoms with E-state index >= 15 is 0 Å². The Morgan fingerprint density at radius 2 is 1.31 bits per heavy atom. The normalized spacial score (nSPS) is 23.3. The molecule has 0 spiro atoms. The van der Waals surface area contributed by atoms with Crippen LogP contribution in [0.2, 0.25) is 0 Å². The fraction of sp³-hybridized carbons (Fsp3) is 1.00. The van der Waals surface area contributed by atoms with E-state index in [1.807, 2.05) is 0 Å². The van der Waals surface area contributed by atoms with Gasteiger partial charge in [0.1, 0.15) is 24.4 Å². The van der Waals surface area contributed by atoms with Crippen molar-refractivity contribution >= 4 is 0 Å². The largest absolute Gasteiger partial charge is 0.394 e. The summed E-state index contributed by atoms with van der Waals surface area (Å²) in [5.41, 5.74) is 0. The second-order valence-corrected chi connectivity index (χ2v) is 2.96. The van der Waals surface area contributed by atoms with Crippen LogP contribution in [0.5, 0.6) is 0 Å². The molecule has 0 aliphatic heterocycles. The zero-order valence-electron chi connectivity index (χ0n) is 7.28. The smallest absolute Gasteiger partial charge is 0.111 e. The van der Waals surface area contributed by atoms with Crippen LogP contribution in [0.4, 0.5) is 0 Å². The van der Waals surface area contributed by atoms with Crippen LogP contribution in [-0.4, -0.2) is 67.8 Å². The van der Waals surface area contributed by atoms with Gasteiger partial charge in [0.05, 0.1) is 12.7 Å². The number of hydrogen-bond acceptors (Lipinski definition) is 6. The maximum atomic E-state index is 9.13. The Kier molecular flexibility index (Phi) is 5.38. The zero-order valence-corrected chi connectivity index (χ0v) is 7.28. The molecule has 5 atom stereocenters.